The van der Waals surface area contributed by atoms with Gasteiger partial charge in [-0.2, -0.15) is 0 Å². The quantitative estimate of drug-likeness (QED) is 0.601. The van der Waals surface area contributed by atoms with Crippen molar-refractivity contribution in [1.29, 1.82) is 0 Å². The van der Waals surface area contributed by atoms with E-state index in [2.05, 4.69) is 27.1 Å². The van der Waals surface area contributed by atoms with Crippen molar-refractivity contribution in [3.8, 4) is 17.2 Å². The Hall–Kier alpha value is -2.51. The fraction of sp³-hybridized carbons (Fsp3) is 0.278. The van der Waals surface area contributed by atoms with Gasteiger partial charge in [0.05, 0.1) is 13.3 Å². The van der Waals surface area contributed by atoms with Gasteiger partial charge in [-0.25, -0.2) is 4.68 Å². The maximum absolute atomic E-state index is 5.59. The third kappa shape index (κ3) is 4.52. The van der Waals surface area contributed by atoms with Crippen LogP contribution in [-0.2, 0) is 13.2 Å². The number of rotatable bonds is 7. The van der Waals surface area contributed by atoms with Crippen LogP contribution < -0.4 is 4.74 Å². The molecule has 3 aromatic rings. The fourth-order valence-electron chi connectivity index (χ4n) is 2.45. The Morgan fingerprint density at radius 1 is 1.16 bits per heavy atom. The van der Waals surface area contributed by atoms with Crippen molar-refractivity contribution in [1.82, 2.24) is 19.7 Å². The molecule has 0 aliphatic rings. The molecule has 2 aromatic heterocycles. The van der Waals surface area contributed by atoms with E-state index in [9.17, 15) is 0 Å². The van der Waals surface area contributed by atoms with Gasteiger partial charge in [0.25, 0.3) is 4.84 Å². The first-order valence-electron chi connectivity index (χ1n) is 8.04. The van der Waals surface area contributed by atoms with Gasteiger partial charge in [-0.3, -0.25) is 9.88 Å². The highest BCUT2D eigenvalue weighted by Gasteiger charge is 2.10. The molecule has 0 amide bonds. The van der Waals surface area contributed by atoms with E-state index in [4.69, 9.17) is 21.4 Å². The Bertz CT molecular complexity index is 859. The summed E-state index contributed by atoms with van der Waals surface area (Å²) in [6.07, 6.45) is 3.40. The lowest BCUT2D eigenvalue weighted by Crippen LogP contribution is -2.22. The van der Waals surface area contributed by atoms with Gasteiger partial charge in [-0.05, 0) is 56.0 Å². The first-order valence-corrected chi connectivity index (χ1v) is 8.45. The van der Waals surface area contributed by atoms with Crippen LogP contribution in [0.25, 0.3) is 11.5 Å². The van der Waals surface area contributed by atoms with Crippen LogP contribution in [0.1, 0.15) is 12.5 Å². The molecule has 0 spiro atoms. The number of hydrogen-bond acceptors (Lipinski definition) is 6. The van der Waals surface area contributed by atoms with E-state index in [0.29, 0.717) is 24.0 Å². The zero-order valence-electron chi connectivity index (χ0n) is 14.3. The van der Waals surface area contributed by atoms with Gasteiger partial charge >= 0.3 is 0 Å². The van der Waals surface area contributed by atoms with Gasteiger partial charge in [0.15, 0.2) is 0 Å². The Labute approximate surface area is 151 Å². The minimum atomic E-state index is 0.352. The number of hydrogen-bond donors (Lipinski definition) is 0. The number of pyridine rings is 1. The molecule has 0 atom stereocenters. The van der Waals surface area contributed by atoms with Crippen LogP contribution in [-0.4, -0.2) is 33.3 Å². The monoisotopic (exact) mass is 356 g/mol. The molecule has 0 saturated carbocycles. The Morgan fingerprint density at radius 2 is 1.88 bits per heavy atom. The van der Waals surface area contributed by atoms with Crippen LogP contribution in [0, 0.1) is 4.84 Å². The van der Waals surface area contributed by atoms with E-state index < -0.39 is 0 Å². The Kier molecular flexibility index (Phi) is 5.57. The molecule has 1 aromatic carbocycles. The molecule has 130 valence electrons. The summed E-state index contributed by atoms with van der Waals surface area (Å²) >= 11 is 5.28. The Balaban J connectivity index is 1.66. The van der Waals surface area contributed by atoms with E-state index in [1.807, 2.05) is 38.2 Å². The highest BCUT2D eigenvalue weighted by Crippen LogP contribution is 2.17. The summed E-state index contributed by atoms with van der Waals surface area (Å²) < 4.78 is 12.7. The molecule has 0 aliphatic heterocycles. The summed E-state index contributed by atoms with van der Waals surface area (Å²) in [7, 11) is 2.01. The van der Waals surface area contributed by atoms with Gasteiger partial charge in [-0.15, -0.1) is 5.10 Å². The third-order valence-corrected chi connectivity index (χ3v) is 3.89. The van der Waals surface area contributed by atoms with Gasteiger partial charge in [0.2, 0.25) is 5.89 Å². The molecular formula is C18H20N4O2S. The van der Waals surface area contributed by atoms with Crippen molar-refractivity contribution < 1.29 is 9.15 Å². The van der Waals surface area contributed by atoms with Crippen LogP contribution in [0.3, 0.4) is 0 Å². The van der Waals surface area contributed by atoms with Crippen molar-refractivity contribution in [2.75, 3.05) is 13.7 Å². The van der Waals surface area contributed by atoms with Gasteiger partial charge < -0.3 is 9.15 Å². The molecule has 7 heteroatoms. The summed E-state index contributed by atoms with van der Waals surface area (Å²) in [6, 6.07) is 11.8. The lowest BCUT2D eigenvalue weighted by Gasteiger charge is -2.16. The maximum atomic E-state index is 5.59. The first kappa shape index (κ1) is 17.3. The number of aromatic nitrogens is 3. The van der Waals surface area contributed by atoms with Crippen molar-refractivity contribution in [2.45, 2.75) is 20.1 Å². The lowest BCUT2D eigenvalue weighted by molar-refractivity contribution is 0.240. The molecule has 2 heterocycles. The minimum absolute atomic E-state index is 0.352. The molecule has 0 saturated heterocycles. The van der Waals surface area contributed by atoms with Crippen molar-refractivity contribution in [2.24, 2.45) is 0 Å². The SMILES string of the molecule is CCOc1ccc(CN(C)Cn2nc(-c3ccncc3)oc2=S)cc1. The number of nitrogens with zero attached hydrogens (tertiary/aromatic N) is 4. The zero-order valence-corrected chi connectivity index (χ0v) is 15.1. The van der Waals surface area contributed by atoms with Crippen molar-refractivity contribution in [3.63, 3.8) is 0 Å². The van der Waals surface area contributed by atoms with E-state index >= 15 is 0 Å². The second kappa shape index (κ2) is 8.04. The van der Waals surface area contributed by atoms with E-state index in [0.717, 1.165) is 17.9 Å². The summed E-state index contributed by atoms with van der Waals surface area (Å²) in [5, 5.41) is 4.46. The lowest BCUT2D eigenvalue weighted by atomic mass is 10.2. The summed E-state index contributed by atoms with van der Waals surface area (Å²) in [5.74, 6) is 1.39. The molecule has 0 bridgehead atoms. The topological polar surface area (TPSA) is 56.3 Å². The number of ether oxygens (including phenoxy) is 1. The molecule has 0 aliphatic carbocycles. The van der Waals surface area contributed by atoms with E-state index in [-0.39, 0.29) is 0 Å². The summed E-state index contributed by atoms with van der Waals surface area (Å²) in [4.78, 5) is 6.46. The molecule has 0 fully saturated rings. The average molecular weight is 356 g/mol. The second-order valence-corrected chi connectivity index (χ2v) is 5.99. The average Bonchev–Trinajstić information content (AvgIpc) is 2.98. The molecule has 6 nitrogen and oxygen atoms in total. The van der Waals surface area contributed by atoms with Crippen LogP contribution >= 0.6 is 12.2 Å². The van der Waals surface area contributed by atoms with Crippen LogP contribution in [0.4, 0.5) is 0 Å². The van der Waals surface area contributed by atoms with Gasteiger partial charge in [0.1, 0.15) is 5.75 Å². The molecule has 25 heavy (non-hydrogen) atoms. The molecule has 0 N–H and O–H groups in total. The Morgan fingerprint density at radius 3 is 2.56 bits per heavy atom. The predicted octanol–water partition coefficient (Wildman–Crippen LogP) is 3.76. The standard InChI is InChI=1S/C18H20N4O2S/c1-3-23-16-6-4-14(5-7-16)12-21(2)13-22-18(25)24-17(20-22)15-8-10-19-11-9-15/h4-11H,3,12-13H2,1-2H3. The second-order valence-electron chi connectivity index (χ2n) is 5.64. The van der Waals surface area contributed by atoms with Crippen LogP contribution in [0.2, 0.25) is 0 Å². The first-order chi connectivity index (χ1) is 12.2. The third-order valence-electron chi connectivity index (χ3n) is 3.60. The van der Waals surface area contributed by atoms with Gasteiger partial charge in [0, 0.05) is 24.5 Å². The fourth-order valence-corrected chi connectivity index (χ4v) is 2.63. The smallest absolute Gasteiger partial charge is 0.288 e. The van der Waals surface area contributed by atoms with Crippen LogP contribution in [0.5, 0.6) is 5.75 Å². The molecule has 3 rings (SSSR count). The zero-order chi connectivity index (χ0) is 17.6. The van der Waals surface area contributed by atoms with Crippen LogP contribution in [0.15, 0.2) is 53.2 Å². The van der Waals surface area contributed by atoms with Gasteiger partial charge in [-0.1, -0.05) is 12.1 Å². The molecule has 0 radical (unpaired) electrons. The molecular weight excluding hydrogens is 336 g/mol. The van der Waals surface area contributed by atoms with Crippen molar-refractivity contribution >= 4 is 12.2 Å². The summed E-state index contributed by atoms with van der Waals surface area (Å²) in [6.45, 7) is 3.96. The van der Waals surface area contributed by atoms with E-state index in [1.165, 1.54) is 5.56 Å². The largest absolute Gasteiger partial charge is 0.494 e. The summed E-state index contributed by atoms with van der Waals surface area (Å²) in [5.41, 5.74) is 2.05. The molecule has 0 unspecified atom stereocenters. The van der Waals surface area contributed by atoms with E-state index in [1.54, 1.807) is 17.1 Å². The maximum Gasteiger partial charge on any atom is 0.288 e. The highest BCUT2D eigenvalue weighted by molar-refractivity contribution is 7.71. The highest BCUT2D eigenvalue weighted by atomic mass is 32.1. The number of benzene rings is 1. The predicted molar refractivity (Wildman–Crippen MR) is 97.6 cm³/mol. The van der Waals surface area contributed by atoms with Crippen molar-refractivity contribution in [3.05, 3.63) is 59.2 Å². The normalized spacial score (nSPS) is 11.0. The minimum Gasteiger partial charge on any atom is -0.494 e.